The smallest absolute Gasteiger partial charge is 0.343 e. The van der Waals surface area contributed by atoms with E-state index in [2.05, 4.69) is 20.7 Å². The molecule has 4 nitrogen and oxygen atoms in total. The second-order valence-corrected chi connectivity index (χ2v) is 3.52. The SMILES string of the molecule is COC(=O)COc1cc(OC)ccc1Br. The van der Waals surface area contributed by atoms with Crippen molar-refractivity contribution in [3.05, 3.63) is 22.7 Å². The quantitative estimate of drug-likeness (QED) is 0.788. The first-order chi connectivity index (χ1) is 7.17. The van der Waals surface area contributed by atoms with Crippen molar-refractivity contribution in [3.63, 3.8) is 0 Å². The molecule has 15 heavy (non-hydrogen) atoms. The summed E-state index contributed by atoms with van der Waals surface area (Å²) in [5, 5.41) is 0. The van der Waals surface area contributed by atoms with Crippen molar-refractivity contribution in [2.24, 2.45) is 0 Å². The summed E-state index contributed by atoms with van der Waals surface area (Å²) in [5.41, 5.74) is 0. The van der Waals surface area contributed by atoms with E-state index in [0.29, 0.717) is 11.5 Å². The predicted molar refractivity (Wildman–Crippen MR) is 58.2 cm³/mol. The summed E-state index contributed by atoms with van der Waals surface area (Å²) in [4.78, 5) is 10.9. The first kappa shape index (κ1) is 11.8. The zero-order valence-corrected chi connectivity index (χ0v) is 10.0. The number of rotatable bonds is 4. The number of hydrogen-bond acceptors (Lipinski definition) is 4. The van der Waals surface area contributed by atoms with Crippen molar-refractivity contribution in [1.29, 1.82) is 0 Å². The number of hydrogen-bond donors (Lipinski definition) is 0. The topological polar surface area (TPSA) is 44.8 Å². The molecule has 0 bridgehead atoms. The molecule has 5 heteroatoms. The number of halogens is 1. The van der Waals surface area contributed by atoms with Gasteiger partial charge in [-0.15, -0.1) is 0 Å². The van der Waals surface area contributed by atoms with Crippen molar-refractivity contribution >= 4 is 21.9 Å². The van der Waals surface area contributed by atoms with Gasteiger partial charge in [-0.25, -0.2) is 4.79 Å². The summed E-state index contributed by atoms with van der Waals surface area (Å²) in [6.07, 6.45) is 0. The van der Waals surface area contributed by atoms with E-state index in [0.717, 1.165) is 4.47 Å². The molecule has 0 atom stereocenters. The highest BCUT2D eigenvalue weighted by Crippen LogP contribution is 2.29. The van der Waals surface area contributed by atoms with Gasteiger partial charge in [0.05, 0.1) is 18.7 Å². The second kappa shape index (κ2) is 5.60. The van der Waals surface area contributed by atoms with Crippen LogP contribution in [0.5, 0.6) is 11.5 Å². The summed E-state index contributed by atoms with van der Waals surface area (Å²) in [7, 11) is 2.87. The van der Waals surface area contributed by atoms with Crippen LogP contribution >= 0.6 is 15.9 Å². The van der Waals surface area contributed by atoms with Crippen LogP contribution in [0.15, 0.2) is 22.7 Å². The number of benzene rings is 1. The van der Waals surface area contributed by atoms with E-state index >= 15 is 0 Å². The highest BCUT2D eigenvalue weighted by Gasteiger charge is 2.06. The Hall–Kier alpha value is -1.23. The first-order valence-electron chi connectivity index (χ1n) is 4.20. The van der Waals surface area contributed by atoms with Crippen molar-refractivity contribution in [1.82, 2.24) is 0 Å². The van der Waals surface area contributed by atoms with Gasteiger partial charge in [-0.2, -0.15) is 0 Å². The zero-order valence-electron chi connectivity index (χ0n) is 8.45. The summed E-state index contributed by atoms with van der Waals surface area (Å²) in [5.74, 6) is 0.780. The standard InChI is InChI=1S/C10H11BrO4/c1-13-7-3-4-8(11)9(5-7)15-6-10(12)14-2/h3-5H,6H2,1-2H3. The van der Waals surface area contributed by atoms with Gasteiger partial charge in [-0.3, -0.25) is 0 Å². The predicted octanol–water partition coefficient (Wildman–Crippen LogP) is 2.01. The Morgan fingerprint density at radius 1 is 1.40 bits per heavy atom. The maximum Gasteiger partial charge on any atom is 0.343 e. The van der Waals surface area contributed by atoms with Gasteiger partial charge in [0, 0.05) is 6.07 Å². The van der Waals surface area contributed by atoms with Crippen LogP contribution in [0.2, 0.25) is 0 Å². The Morgan fingerprint density at radius 2 is 2.13 bits per heavy atom. The lowest BCUT2D eigenvalue weighted by Gasteiger charge is -2.08. The Morgan fingerprint density at radius 3 is 2.73 bits per heavy atom. The van der Waals surface area contributed by atoms with Crippen LogP contribution < -0.4 is 9.47 Å². The van der Waals surface area contributed by atoms with Gasteiger partial charge in [0.25, 0.3) is 0 Å². The molecule has 1 rings (SSSR count). The molecule has 0 radical (unpaired) electrons. The van der Waals surface area contributed by atoms with Crippen molar-refractivity contribution in [3.8, 4) is 11.5 Å². The minimum Gasteiger partial charge on any atom is -0.497 e. The molecule has 0 fully saturated rings. The first-order valence-corrected chi connectivity index (χ1v) is 5.00. The molecule has 82 valence electrons. The summed E-state index contributed by atoms with van der Waals surface area (Å²) in [6.45, 7) is -0.123. The molecule has 0 aromatic heterocycles. The van der Waals surface area contributed by atoms with Gasteiger partial charge < -0.3 is 14.2 Å². The lowest BCUT2D eigenvalue weighted by atomic mass is 10.3. The van der Waals surface area contributed by atoms with Crippen LogP contribution in [-0.4, -0.2) is 26.8 Å². The molecule has 0 amide bonds. The fourth-order valence-corrected chi connectivity index (χ4v) is 1.28. The van der Waals surface area contributed by atoms with Crippen molar-refractivity contribution in [2.45, 2.75) is 0 Å². The molecule has 1 aromatic rings. The van der Waals surface area contributed by atoms with E-state index in [1.807, 2.05) is 0 Å². The minimum atomic E-state index is -0.426. The Kier molecular flexibility index (Phi) is 4.42. The Bertz CT molecular complexity index is 351. The van der Waals surface area contributed by atoms with Gasteiger partial charge in [0.1, 0.15) is 11.5 Å². The number of methoxy groups -OCH3 is 2. The fourth-order valence-electron chi connectivity index (χ4n) is 0.917. The van der Waals surface area contributed by atoms with Crippen LogP contribution in [0.1, 0.15) is 0 Å². The van der Waals surface area contributed by atoms with E-state index in [4.69, 9.17) is 9.47 Å². The molecular formula is C10H11BrO4. The molecule has 0 aliphatic carbocycles. The van der Waals surface area contributed by atoms with E-state index in [9.17, 15) is 4.79 Å². The van der Waals surface area contributed by atoms with Crippen LogP contribution in [0.25, 0.3) is 0 Å². The number of carbonyl (C=O) groups excluding carboxylic acids is 1. The van der Waals surface area contributed by atoms with E-state index in [1.54, 1.807) is 25.3 Å². The maximum absolute atomic E-state index is 10.9. The average molecular weight is 275 g/mol. The van der Waals surface area contributed by atoms with Crippen molar-refractivity contribution in [2.75, 3.05) is 20.8 Å². The van der Waals surface area contributed by atoms with Gasteiger partial charge in [0.15, 0.2) is 6.61 Å². The molecular weight excluding hydrogens is 264 g/mol. The third-order valence-corrected chi connectivity index (χ3v) is 2.37. The van der Waals surface area contributed by atoms with Gasteiger partial charge in [0.2, 0.25) is 0 Å². The summed E-state index contributed by atoms with van der Waals surface area (Å²) >= 11 is 3.30. The van der Waals surface area contributed by atoms with Gasteiger partial charge in [-0.05, 0) is 28.1 Å². The molecule has 0 aliphatic rings. The summed E-state index contributed by atoms with van der Waals surface area (Å²) in [6, 6.07) is 5.26. The number of ether oxygens (including phenoxy) is 3. The van der Waals surface area contributed by atoms with Gasteiger partial charge >= 0.3 is 5.97 Å². The molecule has 1 aromatic carbocycles. The highest BCUT2D eigenvalue weighted by molar-refractivity contribution is 9.10. The molecule has 0 saturated heterocycles. The zero-order chi connectivity index (χ0) is 11.3. The third-order valence-electron chi connectivity index (χ3n) is 1.71. The van der Waals surface area contributed by atoms with E-state index in [-0.39, 0.29) is 6.61 Å². The Balaban J connectivity index is 2.70. The highest BCUT2D eigenvalue weighted by atomic mass is 79.9. The molecule has 0 saturated carbocycles. The van der Waals surface area contributed by atoms with Crippen molar-refractivity contribution < 1.29 is 19.0 Å². The van der Waals surface area contributed by atoms with Gasteiger partial charge in [-0.1, -0.05) is 0 Å². The number of carbonyl (C=O) groups is 1. The monoisotopic (exact) mass is 274 g/mol. The lowest BCUT2D eigenvalue weighted by molar-refractivity contribution is -0.142. The van der Waals surface area contributed by atoms with Crippen LogP contribution in [0.3, 0.4) is 0 Å². The third kappa shape index (κ3) is 3.43. The maximum atomic E-state index is 10.9. The molecule has 0 unspecified atom stereocenters. The molecule has 0 aliphatic heterocycles. The van der Waals surface area contributed by atoms with E-state index in [1.165, 1.54) is 7.11 Å². The van der Waals surface area contributed by atoms with Crippen LogP contribution in [0, 0.1) is 0 Å². The largest absolute Gasteiger partial charge is 0.497 e. The average Bonchev–Trinajstić information content (AvgIpc) is 2.27. The second-order valence-electron chi connectivity index (χ2n) is 2.66. The van der Waals surface area contributed by atoms with Crippen LogP contribution in [-0.2, 0) is 9.53 Å². The van der Waals surface area contributed by atoms with E-state index < -0.39 is 5.97 Å². The molecule has 0 heterocycles. The number of esters is 1. The Labute approximate surface area is 96.3 Å². The van der Waals surface area contributed by atoms with Crippen LogP contribution in [0.4, 0.5) is 0 Å². The normalized spacial score (nSPS) is 9.53. The molecule has 0 spiro atoms. The minimum absolute atomic E-state index is 0.123. The summed E-state index contributed by atoms with van der Waals surface area (Å²) < 4.78 is 15.5. The lowest BCUT2D eigenvalue weighted by Crippen LogP contribution is -2.12. The fraction of sp³-hybridized carbons (Fsp3) is 0.300. The molecule has 0 N–H and O–H groups in total.